The van der Waals surface area contributed by atoms with Gasteiger partial charge in [0.2, 0.25) is 0 Å². The Labute approximate surface area is 75.8 Å². The van der Waals surface area contributed by atoms with E-state index in [2.05, 4.69) is 25.2 Å². The topological polar surface area (TPSA) is 12.0 Å². The zero-order valence-corrected chi connectivity index (χ0v) is 8.15. The van der Waals surface area contributed by atoms with Gasteiger partial charge in [0, 0.05) is 32.7 Å². The molecular formula is C6H10NY-. The summed E-state index contributed by atoms with van der Waals surface area (Å²) < 4.78 is 0. The fourth-order valence-corrected chi connectivity index (χ4v) is 0.600. The molecule has 1 N–H and O–H groups in total. The Balaban J connectivity index is 0.000000490. The van der Waals surface area contributed by atoms with Crippen LogP contribution in [0.3, 0.4) is 0 Å². The van der Waals surface area contributed by atoms with Crippen LogP contribution >= 0.6 is 0 Å². The summed E-state index contributed by atoms with van der Waals surface area (Å²) in [5, 5.41) is 3.15. The Kier molecular flexibility index (Phi) is 3.75. The monoisotopic (exact) mass is 185 g/mol. The number of hydrogen-bond donors (Lipinski definition) is 1. The minimum Gasteiger partial charge on any atom is -0.476 e. The third-order valence-corrected chi connectivity index (χ3v) is 1.38. The average Bonchev–Trinajstić information content (AvgIpc) is 1.91. The molecule has 1 aliphatic heterocycles. The number of nitrogens with one attached hydrogen (secondary N) is 1. The number of hydrogen-bond acceptors (Lipinski definition) is 1. The Bertz CT molecular complexity index is 90.5. The van der Waals surface area contributed by atoms with E-state index in [9.17, 15) is 0 Å². The number of rotatable bonds is 0. The van der Waals surface area contributed by atoms with Gasteiger partial charge in [0.15, 0.2) is 0 Å². The molecule has 1 rings (SSSR count). The SMILES string of the molecule is C[C-]1C=CNC1C.[Y]. The molecule has 1 atom stereocenters. The Morgan fingerprint density at radius 2 is 2.25 bits per heavy atom. The predicted octanol–water partition coefficient (Wildman–Crippen LogP) is 1.08. The van der Waals surface area contributed by atoms with Gasteiger partial charge in [-0.1, -0.05) is 6.92 Å². The molecule has 0 aromatic rings. The van der Waals surface area contributed by atoms with Crippen molar-refractivity contribution in [1.82, 2.24) is 5.32 Å². The van der Waals surface area contributed by atoms with Crippen LogP contribution in [0.2, 0.25) is 0 Å². The molecule has 0 bridgehead atoms. The molecule has 0 amide bonds. The van der Waals surface area contributed by atoms with Crippen molar-refractivity contribution < 1.29 is 32.7 Å². The molecular weight excluding hydrogens is 175 g/mol. The van der Waals surface area contributed by atoms with Gasteiger partial charge in [0.1, 0.15) is 0 Å². The quantitative estimate of drug-likeness (QED) is 0.557. The van der Waals surface area contributed by atoms with E-state index in [-0.39, 0.29) is 32.7 Å². The summed E-state index contributed by atoms with van der Waals surface area (Å²) in [6.07, 6.45) is 4.09. The van der Waals surface area contributed by atoms with E-state index in [1.807, 2.05) is 6.20 Å². The molecule has 1 nitrogen and oxygen atoms in total. The Morgan fingerprint density at radius 3 is 2.38 bits per heavy atom. The zero-order chi connectivity index (χ0) is 5.28. The van der Waals surface area contributed by atoms with Crippen LogP contribution in [0.4, 0.5) is 0 Å². The molecule has 43 valence electrons. The third kappa shape index (κ3) is 1.79. The van der Waals surface area contributed by atoms with Gasteiger partial charge in [0.05, 0.1) is 0 Å². The molecule has 1 aliphatic rings. The average molecular weight is 185 g/mol. The van der Waals surface area contributed by atoms with Crippen molar-refractivity contribution in [2.24, 2.45) is 0 Å². The summed E-state index contributed by atoms with van der Waals surface area (Å²) in [6.45, 7) is 4.27. The van der Waals surface area contributed by atoms with Crippen molar-refractivity contribution in [2.75, 3.05) is 0 Å². The van der Waals surface area contributed by atoms with Gasteiger partial charge in [-0.3, -0.25) is 0 Å². The molecule has 0 spiro atoms. The van der Waals surface area contributed by atoms with Crippen LogP contribution in [-0.2, 0) is 32.7 Å². The van der Waals surface area contributed by atoms with Crippen LogP contribution in [0.15, 0.2) is 12.3 Å². The van der Waals surface area contributed by atoms with E-state index in [0.717, 1.165) is 0 Å². The van der Waals surface area contributed by atoms with Crippen molar-refractivity contribution >= 4 is 0 Å². The first kappa shape index (κ1) is 8.51. The summed E-state index contributed by atoms with van der Waals surface area (Å²) in [6, 6.07) is 0.569. The molecule has 8 heavy (non-hydrogen) atoms. The molecule has 1 heterocycles. The fourth-order valence-electron chi connectivity index (χ4n) is 0.600. The first-order chi connectivity index (χ1) is 3.30. The second-order valence-corrected chi connectivity index (χ2v) is 1.97. The second kappa shape index (κ2) is 3.52. The molecule has 0 aliphatic carbocycles. The minimum absolute atomic E-state index is 0. The predicted molar refractivity (Wildman–Crippen MR) is 30.7 cm³/mol. The Hall–Kier alpha value is 0.514. The molecule has 1 radical (unpaired) electrons. The van der Waals surface area contributed by atoms with Crippen molar-refractivity contribution in [3.8, 4) is 0 Å². The summed E-state index contributed by atoms with van der Waals surface area (Å²) in [7, 11) is 0. The van der Waals surface area contributed by atoms with E-state index < -0.39 is 0 Å². The summed E-state index contributed by atoms with van der Waals surface area (Å²) >= 11 is 0. The van der Waals surface area contributed by atoms with Gasteiger partial charge in [-0.15, -0.1) is 6.92 Å². The normalized spacial score (nSPS) is 24.8. The van der Waals surface area contributed by atoms with Crippen LogP contribution in [0.5, 0.6) is 0 Å². The smallest absolute Gasteiger partial charge is 0 e. The third-order valence-electron chi connectivity index (χ3n) is 1.38. The largest absolute Gasteiger partial charge is 0.476 e. The molecule has 2 heteroatoms. The van der Waals surface area contributed by atoms with Crippen LogP contribution in [0.1, 0.15) is 13.8 Å². The van der Waals surface area contributed by atoms with Crippen LogP contribution in [0.25, 0.3) is 0 Å². The Morgan fingerprint density at radius 1 is 1.62 bits per heavy atom. The van der Waals surface area contributed by atoms with E-state index >= 15 is 0 Å². The van der Waals surface area contributed by atoms with Crippen LogP contribution in [0, 0.1) is 5.92 Å². The molecule has 0 saturated carbocycles. The fraction of sp³-hybridized carbons (Fsp3) is 0.500. The van der Waals surface area contributed by atoms with Crippen LogP contribution in [-0.4, -0.2) is 6.04 Å². The van der Waals surface area contributed by atoms with E-state index in [1.165, 1.54) is 5.92 Å². The molecule has 1 unspecified atom stereocenters. The van der Waals surface area contributed by atoms with Crippen LogP contribution < -0.4 is 5.32 Å². The standard InChI is InChI=1S/C6H10N.Y/c1-5-3-4-7-6(5)2;/h3-4,6-7H,1-2H3;/q-1;. The van der Waals surface area contributed by atoms with Gasteiger partial charge >= 0.3 is 0 Å². The maximum atomic E-state index is 3.15. The van der Waals surface area contributed by atoms with Gasteiger partial charge in [0.25, 0.3) is 0 Å². The van der Waals surface area contributed by atoms with Gasteiger partial charge in [-0.25, -0.2) is 6.08 Å². The maximum absolute atomic E-state index is 3.15. The van der Waals surface area contributed by atoms with Crippen molar-refractivity contribution in [3.05, 3.63) is 18.2 Å². The zero-order valence-electron chi connectivity index (χ0n) is 5.31. The van der Waals surface area contributed by atoms with Crippen molar-refractivity contribution in [3.63, 3.8) is 0 Å². The van der Waals surface area contributed by atoms with Gasteiger partial charge in [-0.2, -0.15) is 12.1 Å². The molecule has 0 fully saturated rings. The first-order valence-corrected chi connectivity index (χ1v) is 2.57. The summed E-state index contributed by atoms with van der Waals surface area (Å²) in [5.74, 6) is 1.42. The minimum atomic E-state index is 0. The molecule has 0 aromatic carbocycles. The molecule has 0 saturated heterocycles. The summed E-state index contributed by atoms with van der Waals surface area (Å²) in [4.78, 5) is 0. The maximum Gasteiger partial charge on any atom is 0 e. The van der Waals surface area contributed by atoms with E-state index in [4.69, 9.17) is 0 Å². The van der Waals surface area contributed by atoms with Gasteiger partial charge in [-0.05, 0) is 6.04 Å². The second-order valence-electron chi connectivity index (χ2n) is 1.97. The van der Waals surface area contributed by atoms with Crippen molar-refractivity contribution in [1.29, 1.82) is 0 Å². The first-order valence-electron chi connectivity index (χ1n) is 2.57. The molecule has 0 aromatic heterocycles. The van der Waals surface area contributed by atoms with Crippen molar-refractivity contribution in [2.45, 2.75) is 19.9 Å². The summed E-state index contributed by atoms with van der Waals surface area (Å²) in [5.41, 5.74) is 0. The van der Waals surface area contributed by atoms with E-state index in [0.29, 0.717) is 6.04 Å². The van der Waals surface area contributed by atoms with E-state index in [1.54, 1.807) is 0 Å². The van der Waals surface area contributed by atoms with Gasteiger partial charge < -0.3 is 5.32 Å².